The molecule has 1 heterocycles. The number of aromatic nitrogens is 2. The molecule has 0 radical (unpaired) electrons. The van der Waals surface area contributed by atoms with Crippen LogP contribution in [0.15, 0.2) is 72.8 Å². The van der Waals surface area contributed by atoms with Crippen molar-refractivity contribution in [1.82, 2.24) is 14.9 Å². The molecule has 0 aliphatic heterocycles. The van der Waals surface area contributed by atoms with Gasteiger partial charge in [0.05, 0.1) is 17.6 Å². The molecular weight excluding hydrogens is 401 g/mol. The molecule has 1 N–H and O–H groups in total. The van der Waals surface area contributed by atoms with E-state index in [4.69, 9.17) is 4.98 Å². The molecule has 4 nitrogen and oxygen atoms in total. The van der Waals surface area contributed by atoms with Gasteiger partial charge in [0.2, 0.25) is 0 Å². The standard InChI is InChI=1S/C27H28FN3O/c1-20-14-16-21(17-15-20)27(32)29-18-8-2-3-13-26-30-24-11-6-7-12-25(24)31(26)19-22-9-4-5-10-23(22)28/h4-7,9-12,14-17H,2-3,8,13,18-19H2,1H3,(H,29,32). The highest BCUT2D eigenvalue weighted by Gasteiger charge is 2.12. The number of rotatable bonds is 9. The fourth-order valence-electron chi connectivity index (χ4n) is 3.88. The predicted octanol–water partition coefficient (Wildman–Crippen LogP) is 5.67. The van der Waals surface area contributed by atoms with Gasteiger partial charge in [0.15, 0.2) is 0 Å². The second kappa shape index (κ2) is 10.2. The lowest BCUT2D eigenvalue weighted by molar-refractivity contribution is 0.0953. The molecule has 4 aromatic rings. The summed E-state index contributed by atoms with van der Waals surface area (Å²) < 4.78 is 16.4. The van der Waals surface area contributed by atoms with Crippen LogP contribution in [0.4, 0.5) is 4.39 Å². The molecule has 0 aliphatic carbocycles. The van der Waals surface area contributed by atoms with Crippen LogP contribution in [0.1, 0.15) is 46.6 Å². The van der Waals surface area contributed by atoms with Gasteiger partial charge in [0, 0.05) is 24.1 Å². The maximum absolute atomic E-state index is 14.2. The molecule has 1 amide bonds. The van der Waals surface area contributed by atoms with Crippen molar-refractivity contribution in [2.24, 2.45) is 0 Å². The topological polar surface area (TPSA) is 46.9 Å². The van der Waals surface area contributed by atoms with Crippen molar-refractivity contribution in [3.8, 4) is 0 Å². The lowest BCUT2D eigenvalue weighted by Crippen LogP contribution is -2.24. The minimum atomic E-state index is -0.194. The normalized spacial score (nSPS) is 11.1. The molecule has 0 bridgehead atoms. The Hall–Kier alpha value is -3.47. The summed E-state index contributed by atoms with van der Waals surface area (Å²) in [6.45, 7) is 3.12. The van der Waals surface area contributed by atoms with Gasteiger partial charge >= 0.3 is 0 Å². The summed E-state index contributed by atoms with van der Waals surface area (Å²) in [6, 6.07) is 22.5. The zero-order chi connectivity index (χ0) is 22.3. The van der Waals surface area contributed by atoms with E-state index in [1.54, 1.807) is 6.07 Å². The van der Waals surface area contributed by atoms with E-state index in [-0.39, 0.29) is 11.7 Å². The molecule has 0 saturated carbocycles. The Kier molecular flexibility index (Phi) is 6.95. The number of hydrogen-bond acceptors (Lipinski definition) is 2. The average Bonchev–Trinajstić information content (AvgIpc) is 3.15. The third-order valence-electron chi connectivity index (χ3n) is 5.70. The van der Waals surface area contributed by atoms with Gasteiger partial charge in [-0.1, -0.05) is 54.4 Å². The van der Waals surface area contributed by atoms with Crippen molar-refractivity contribution in [3.63, 3.8) is 0 Å². The zero-order valence-electron chi connectivity index (χ0n) is 18.4. The number of imidazole rings is 1. The molecule has 0 aliphatic rings. The van der Waals surface area contributed by atoms with Crippen LogP contribution in [0.3, 0.4) is 0 Å². The summed E-state index contributed by atoms with van der Waals surface area (Å²) in [5.74, 6) is 0.746. The van der Waals surface area contributed by atoms with Crippen LogP contribution < -0.4 is 5.32 Å². The highest BCUT2D eigenvalue weighted by molar-refractivity contribution is 5.94. The highest BCUT2D eigenvalue weighted by Crippen LogP contribution is 2.20. The number of fused-ring (bicyclic) bond motifs is 1. The Bertz CT molecular complexity index is 1200. The molecule has 1 aromatic heterocycles. The van der Waals surface area contributed by atoms with Gasteiger partial charge in [0.1, 0.15) is 11.6 Å². The largest absolute Gasteiger partial charge is 0.352 e. The minimum absolute atomic E-state index is 0.0309. The summed E-state index contributed by atoms with van der Waals surface area (Å²) in [7, 11) is 0. The number of nitrogens with zero attached hydrogens (tertiary/aromatic N) is 2. The number of aryl methyl sites for hydroxylation is 2. The molecule has 32 heavy (non-hydrogen) atoms. The second-order valence-corrected chi connectivity index (χ2v) is 8.13. The molecule has 5 heteroatoms. The number of unbranched alkanes of at least 4 members (excludes halogenated alkanes) is 2. The van der Waals surface area contributed by atoms with Gasteiger partial charge in [-0.2, -0.15) is 0 Å². The summed E-state index contributed by atoms with van der Waals surface area (Å²) in [5.41, 5.74) is 4.45. The van der Waals surface area contributed by atoms with Gasteiger partial charge in [-0.05, 0) is 50.1 Å². The lowest BCUT2D eigenvalue weighted by Gasteiger charge is -2.10. The Labute approximate surface area is 188 Å². The number of benzene rings is 3. The van der Waals surface area contributed by atoms with Crippen molar-refractivity contribution in [2.75, 3.05) is 6.54 Å². The quantitative estimate of drug-likeness (QED) is 0.348. The minimum Gasteiger partial charge on any atom is -0.352 e. The number of halogens is 1. The number of carbonyl (C=O) groups is 1. The average molecular weight is 430 g/mol. The van der Waals surface area contributed by atoms with Crippen LogP contribution in [-0.2, 0) is 13.0 Å². The molecule has 0 saturated heterocycles. The number of amides is 1. The van der Waals surface area contributed by atoms with Crippen molar-refractivity contribution in [1.29, 1.82) is 0 Å². The van der Waals surface area contributed by atoms with Gasteiger partial charge < -0.3 is 9.88 Å². The Balaban J connectivity index is 1.33. The summed E-state index contributed by atoms with van der Waals surface area (Å²) in [4.78, 5) is 17.0. The molecule has 0 atom stereocenters. The predicted molar refractivity (Wildman–Crippen MR) is 126 cm³/mol. The van der Waals surface area contributed by atoms with Crippen LogP contribution >= 0.6 is 0 Å². The van der Waals surface area contributed by atoms with Crippen LogP contribution in [0.2, 0.25) is 0 Å². The van der Waals surface area contributed by atoms with E-state index in [1.165, 1.54) is 6.07 Å². The Morgan fingerprint density at radius 3 is 2.50 bits per heavy atom. The molecule has 4 rings (SSSR count). The number of para-hydroxylation sites is 2. The van der Waals surface area contributed by atoms with Crippen LogP contribution in [0.25, 0.3) is 11.0 Å². The van der Waals surface area contributed by atoms with E-state index in [9.17, 15) is 9.18 Å². The molecular formula is C27H28FN3O. The first-order valence-corrected chi connectivity index (χ1v) is 11.1. The summed E-state index contributed by atoms with van der Waals surface area (Å²) >= 11 is 0. The van der Waals surface area contributed by atoms with E-state index in [1.807, 2.05) is 67.6 Å². The molecule has 0 spiro atoms. The number of hydrogen-bond donors (Lipinski definition) is 1. The smallest absolute Gasteiger partial charge is 0.251 e. The fourth-order valence-corrected chi connectivity index (χ4v) is 3.88. The van der Waals surface area contributed by atoms with Crippen LogP contribution in [-0.4, -0.2) is 22.0 Å². The lowest BCUT2D eigenvalue weighted by atomic mass is 10.1. The third kappa shape index (κ3) is 5.22. The fraction of sp³-hybridized carbons (Fsp3) is 0.259. The SMILES string of the molecule is Cc1ccc(C(=O)NCCCCCc2nc3ccccc3n2Cc2ccccc2F)cc1. The molecule has 3 aromatic carbocycles. The van der Waals surface area contributed by atoms with E-state index in [0.29, 0.717) is 24.2 Å². The second-order valence-electron chi connectivity index (χ2n) is 8.13. The van der Waals surface area contributed by atoms with Crippen molar-refractivity contribution in [2.45, 2.75) is 39.2 Å². The maximum Gasteiger partial charge on any atom is 0.251 e. The number of nitrogens with one attached hydrogen (secondary N) is 1. The van der Waals surface area contributed by atoms with Crippen molar-refractivity contribution in [3.05, 3.63) is 101 Å². The van der Waals surface area contributed by atoms with Gasteiger partial charge in [-0.3, -0.25) is 4.79 Å². The van der Waals surface area contributed by atoms with Gasteiger partial charge in [-0.15, -0.1) is 0 Å². The third-order valence-corrected chi connectivity index (χ3v) is 5.70. The van der Waals surface area contributed by atoms with E-state index in [2.05, 4.69) is 9.88 Å². The molecule has 0 unspecified atom stereocenters. The highest BCUT2D eigenvalue weighted by atomic mass is 19.1. The van der Waals surface area contributed by atoms with Crippen LogP contribution in [0, 0.1) is 12.7 Å². The van der Waals surface area contributed by atoms with E-state index < -0.39 is 0 Å². The maximum atomic E-state index is 14.2. The molecule has 164 valence electrons. The number of carbonyl (C=O) groups excluding carboxylic acids is 1. The van der Waals surface area contributed by atoms with Crippen molar-refractivity contribution >= 4 is 16.9 Å². The van der Waals surface area contributed by atoms with Crippen LogP contribution in [0.5, 0.6) is 0 Å². The first-order valence-electron chi connectivity index (χ1n) is 11.1. The first-order chi connectivity index (χ1) is 15.6. The van der Waals surface area contributed by atoms with E-state index >= 15 is 0 Å². The Morgan fingerprint density at radius 2 is 1.69 bits per heavy atom. The zero-order valence-corrected chi connectivity index (χ0v) is 18.4. The van der Waals surface area contributed by atoms with E-state index in [0.717, 1.165) is 48.1 Å². The summed E-state index contributed by atoms with van der Waals surface area (Å²) in [6.07, 6.45) is 3.66. The molecule has 0 fully saturated rings. The monoisotopic (exact) mass is 429 g/mol. The van der Waals surface area contributed by atoms with Gasteiger partial charge in [0.25, 0.3) is 5.91 Å². The Morgan fingerprint density at radius 1 is 0.938 bits per heavy atom. The van der Waals surface area contributed by atoms with Crippen molar-refractivity contribution < 1.29 is 9.18 Å². The van der Waals surface area contributed by atoms with Gasteiger partial charge in [-0.25, -0.2) is 9.37 Å². The first kappa shape index (κ1) is 21.8. The summed E-state index contributed by atoms with van der Waals surface area (Å²) in [5, 5.41) is 2.99.